The lowest BCUT2D eigenvalue weighted by atomic mass is 9.95. The number of fused-ring (bicyclic) bond motifs is 1. The second-order valence-corrected chi connectivity index (χ2v) is 7.01. The lowest BCUT2D eigenvalue weighted by Gasteiger charge is -2.22. The van der Waals surface area contributed by atoms with Gasteiger partial charge in [-0.25, -0.2) is 14.4 Å². The Hall–Kier alpha value is -3.95. The Morgan fingerprint density at radius 2 is 1.76 bits per heavy atom. The van der Waals surface area contributed by atoms with Crippen molar-refractivity contribution in [1.82, 2.24) is 20.3 Å². The minimum atomic E-state index is -5.26. The van der Waals surface area contributed by atoms with Crippen LogP contribution in [0, 0.1) is 24.1 Å². The lowest BCUT2D eigenvalue weighted by Crippen LogP contribution is -2.43. The highest BCUT2D eigenvalue weighted by Crippen LogP contribution is 2.40. The van der Waals surface area contributed by atoms with Crippen LogP contribution in [-0.2, 0) is 16.9 Å². The highest BCUT2D eigenvalue weighted by atomic mass is 19.4. The summed E-state index contributed by atoms with van der Waals surface area (Å²) in [6, 6.07) is 1.79. The molecular formula is C20H13F6N5O2. The average molecular weight is 469 g/mol. The van der Waals surface area contributed by atoms with Crippen molar-refractivity contribution in [2.75, 3.05) is 0 Å². The van der Waals surface area contributed by atoms with E-state index < -0.39 is 63.0 Å². The summed E-state index contributed by atoms with van der Waals surface area (Å²) in [6.07, 6.45) is -3.08. The number of rotatable bonds is 4. The molecule has 0 fully saturated rings. The largest absolute Gasteiger partial charge is 0.419 e. The number of nitrogens with one attached hydrogen (secondary N) is 2. The molecule has 0 aliphatic heterocycles. The van der Waals surface area contributed by atoms with Gasteiger partial charge in [-0.05, 0) is 31.5 Å². The summed E-state index contributed by atoms with van der Waals surface area (Å²) in [5.41, 5.74) is -6.26. The van der Waals surface area contributed by atoms with Gasteiger partial charge in [0.25, 0.3) is 11.5 Å². The molecule has 0 bridgehead atoms. The van der Waals surface area contributed by atoms with Crippen LogP contribution in [0.4, 0.5) is 26.3 Å². The quantitative estimate of drug-likeness (QED) is 0.567. The highest BCUT2D eigenvalue weighted by molar-refractivity contribution is 5.91. The number of hydrogen-bond donors (Lipinski definition) is 2. The maximum absolute atomic E-state index is 15.0. The fourth-order valence-corrected chi connectivity index (χ4v) is 3.29. The van der Waals surface area contributed by atoms with Crippen molar-refractivity contribution in [2.45, 2.75) is 32.0 Å². The van der Waals surface area contributed by atoms with Crippen molar-refractivity contribution in [3.05, 3.63) is 68.8 Å². The molecule has 0 radical (unpaired) electrons. The van der Waals surface area contributed by atoms with E-state index in [1.165, 1.54) is 6.92 Å². The molecule has 0 aliphatic rings. The number of aromatic nitrogens is 3. The number of nitriles is 1. The molecule has 0 saturated carbocycles. The average Bonchev–Trinajstić information content (AvgIpc) is 2.73. The monoisotopic (exact) mass is 469 g/mol. The minimum absolute atomic E-state index is 0.0774. The van der Waals surface area contributed by atoms with Gasteiger partial charge < -0.3 is 10.3 Å². The highest BCUT2D eigenvalue weighted by Gasteiger charge is 2.47. The van der Waals surface area contributed by atoms with Crippen molar-refractivity contribution >= 4 is 16.8 Å². The molecule has 7 nitrogen and oxygen atoms in total. The number of aromatic amines is 1. The smallest absolute Gasteiger partial charge is 0.341 e. The number of nitrogens with zero attached hydrogens (tertiary/aromatic N) is 3. The van der Waals surface area contributed by atoms with E-state index in [0.717, 1.165) is 25.4 Å². The Balaban J connectivity index is 2.09. The molecule has 2 aromatic heterocycles. The van der Waals surface area contributed by atoms with Crippen LogP contribution in [-0.4, -0.2) is 20.9 Å². The zero-order chi connectivity index (χ0) is 24.7. The van der Waals surface area contributed by atoms with Crippen molar-refractivity contribution in [3.63, 3.8) is 0 Å². The van der Waals surface area contributed by atoms with Crippen LogP contribution in [0.2, 0.25) is 0 Å². The van der Waals surface area contributed by atoms with E-state index in [-0.39, 0.29) is 11.4 Å². The molecule has 3 rings (SSSR count). The second-order valence-electron chi connectivity index (χ2n) is 7.01. The van der Waals surface area contributed by atoms with E-state index in [1.54, 1.807) is 6.07 Å². The summed E-state index contributed by atoms with van der Waals surface area (Å²) in [5, 5.41) is 9.63. The number of alkyl halides is 5. The predicted octanol–water partition coefficient (Wildman–Crippen LogP) is 3.63. The van der Waals surface area contributed by atoms with Crippen molar-refractivity contribution < 1.29 is 31.1 Å². The van der Waals surface area contributed by atoms with Gasteiger partial charge in [-0.2, -0.15) is 27.2 Å². The first-order valence-electron chi connectivity index (χ1n) is 9.12. The first-order valence-corrected chi connectivity index (χ1v) is 9.12. The summed E-state index contributed by atoms with van der Waals surface area (Å²) in [4.78, 5) is 34.0. The van der Waals surface area contributed by atoms with E-state index >= 15 is 8.78 Å². The topological polar surface area (TPSA) is 112 Å². The lowest BCUT2D eigenvalue weighted by molar-refractivity contribution is -0.148. The number of hydrogen-bond acceptors (Lipinski definition) is 5. The molecule has 0 saturated heterocycles. The number of H-pyrrole nitrogens is 1. The summed E-state index contributed by atoms with van der Waals surface area (Å²) in [5.74, 6) is -8.47. The number of carbonyl (C=O) groups is 1. The molecule has 1 atom stereocenters. The Labute approximate surface area is 181 Å². The summed E-state index contributed by atoms with van der Waals surface area (Å²) < 4.78 is 84.3. The number of aryl methyl sites for hydroxylation is 1. The van der Waals surface area contributed by atoms with E-state index in [2.05, 4.69) is 9.97 Å². The van der Waals surface area contributed by atoms with Gasteiger partial charge in [-0.3, -0.25) is 9.59 Å². The molecule has 2 heterocycles. The third-order valence-corrected chi connectivity index (χ3v) is 4.80. The molecule has 2 N–H and O–H groups in total. The zero-order valence-corrected chi connectivity index (χ0v) is 16.8. The summed E-state index contributed by atoms with van der Waals surface area (Å²) >= 11 is 0. The van der Waals surface area contributed by atoms with E-state index in [0.29, 0.717) is 6.07 Å². The standard InChI is InChI=1S/C20H13F6N5O2/c1-8-13-12(4-3-11(21)15(13)20(24,25)26)31-17(32)14(8)19(22,23)18(33)30-9(2)16-28-6-10(5-27)7-29-16/h3-4,6-7,9H,1-2H3,(H,30,33)(H,31,32)/t9-/m1/s1. The van der Waals surface area contributed by atoms with Crippen molar-refractivity contribution in [3.8, 4) is 6.07 Å². The first-order chi connectivity index (χ1) is 15.3. The van der Waals surface area contributed by atoms with Crippen molar-refractivity contribution in [1.29, 1.82) is 5.26 Å². The first kappa shape index (κ1) is 23.7. The molecule has 0 spiro atoms. The van der Waals surface area contributed by atoms with Crippen molar-refractivity contribution in [2.24, 2.45) is 0 Å². The molecule has 33 heavy (non-hydrogen) atoms. The van der Waals surface area contributed by atoms with Crippen LogP contribution >= 0.6 is 0 Å². The third-order valence-electron chi connectivity index (χ3n) is 4.80. The van der Waals surface area contributed by atoms with E-state index in [4.69, 9.17) is 5.26 Å². The van der Waals surface area contributed by atoms with Crippen LogP contribution in [0.1, 0.15) is 41.0 Å². The van der Waals surface area contributed by atoms with Gasteiger partial charge in [0.05, 0.1) is 17.2 Å². The summed E-state index contributed by atoms with van der Waals surface area (Å²) in [6.45, 7) is 2.01. The summed E-state index contributed by atoms with van der Waals surface area (Å²) in [7, 11) is 0. The zero-order valence-electron chi connectivity index (χ0n) is 16.8. The maximum atomic E-state index is 15.0. The Bertz CT molecular complexity index is 1340. The number of halogens is 6. The Kier molecular flexibility index (Phi) is 5.89. The van der Waals surface area contributed by atoms with Gasteiger partial charge in [0, 0.05) is 23.3 Å². The number of carbonyl (C=O) groups excluding carboxylic acids is 1. The number of amides is 1. The SMILES string of the molecule is Cc1c(C(F)(F)C(=O)N[C@H](C)c2ncc(C#N)cn2)c(=O)[nH]c2ccc(F)c(C(F)(F)F)c12. The maximum Gasteiger partial charge on any atom is 0.419 e. The van der Waals surface area contributed by atoms with E-state index in [9.17, 15) is 27.2 Å². The van der Waals surface area contributed by atoms with Gasteiger partial charge in [0.15, 0.2) is 0 Å². The molecule has 1 aromatic carbocycles. The van der Waals surface area contributed by atoms with Gasteiger partial charge in [0.1, 0.15) is 23.3 Å². The second kappa shape index (κ2) is 8.19. The van der Waals surface area contributed by atoms with Crippen LogP contribution in [0.15, 0.2) is 29.3 Å². The Morgan fingerprint density at radius 1 is 1.15 bits per heavy atom. The molecule has 172 valence electrons. The van der Waals surface area contributed by atoms with Gasteiger partial charge in [-0.1, -0.05) is 0 Å². The fraction of sp³-hybridized carbons (Fsp3) is 0.250. The third kappa shape index (κ3) is 4.23. The van der Waals surface area contributed by atoms with Crippen LogP contribution in [0.3, 0.4) is 0 Å². The van der Waals surface area contributed by atoms with Crippen LogP contribution in [0.25, 0.3) is 10.9 Å². The van der Waals surface area contributed by atoms with Crippen LogP contribution < -0.4 is 10.9 Å². The molecular weight excluding hydrogens is 456 g/mol. The van der Waals surface area contributed by atoms with Gasteiger partial charge in [-0.15, -0.1) is 0 Å². The molecule has 13 heteroatoms. The van der Waals surface area contributed by atoms with Gasteiger partial charge >= 0.3 is 12.1 Å². The van der Waals surface area contributed by atoms with Crippen LogP contribution in [0.5, 0.6) is 0 Å². The fourth-order valence-electron chi connectivity index (χ4n) is 3.29. The predicted molar refractivity (Wildman–Crippen MR) is 101 cm³/mol. The normalized spacial score (nSPS) is 12.9. The molecule has 0 aliphatic carbocycles. The molecule has 0 unspecified atom stereocenters. The minimum Gasteiger partial charge on any atom is -0.341 e. The number of pyridine rings is 1. The molecule has 1 amide bonds. The Morgan fingerprint density at radius 3 is 2.30 bits per heavy atom. The molecule has 3 aromatic rings. The van der Waals surface area contributed by atoms with E-state index in [1.807, 2.05) is 10.3 Å². The van der Waals surface area contributed by atoms with Gasteiger partial charge in [0.2, 0.25) is 0 Å². The number of benzene rings is 1.